The van der Waals surface area contributed by atoms with Gasteiger partial charge in [0.25, 0.3) is 0 Å². The van der Waals surface area contributed by atoms with E-state index in [1.807, 2.05) is 0 Å². The molecule has 0 N–H and O–H groups in total. The largest absolute Gasteiger partial charge is 0.128 e. The lowest BCUT2D eigenvalue weighted by molar-refractivity contribution is 1.52. The van der Waals surface area contributed by atoms with Gasteiger partial charge in [-0.2, -0.15) is 0 Å². The van der Waals surface area contributed by atoms with Crippen LogP contribution in [0.4, 0.5) is 0 Å². The number of aryl methyl sites for hydroxylation is 3. The summed E-state index contributed by atoms with van der Waals surface area (Å²) < 4.78 is 0. The predicted molar refractivity (Wildman–Crippen MR) is 42.7 cm³/mol. The van der Waals surface area contributed by atoms with Gasteiger partial charge in [-0.05, 0) is 36.4 Å². The number of rotatable bonds is 0. The van der Waals surface area contributed by atoms with E-state index in [0.29, 0.717) is 0 Å². The second kappa shape index (κ2) is 2.21. The van der Waals surface area contributed by atoms with E-state index in [4.69, 9.17) is 0 Å². The Hall–Kier alpha value is 0.210. The van der Waals surface area contributed by atoms with Crippen LogP contribution in [0.3, 0.4) is 0 Å². The van der Waals surface area contributed by atoms with Crippen molar-refractivity contribution in [2.75, 3.05) is 0 Å². The lowest BCUT2D eigenvalue weighted by Gasteiger charge is -1.80. The predicted octanol–water partition coefficient (Wildman–Crippen LogP) is 3.22. The Kier molecular flexibility index (Phi) is 1.75. The van der Waals surface area contributed by atoms with Crippen molar-refractivity contribution in [1.29, 1.82) is 0 Å². The van der Waals surface area contributed by atoms with Crippen LogP contribution in [0, 0.1) is 20.8 Å². The highest BCUT2D eigenvalue weighted by Gasteiger charge is 1.93. The lowest BCUT2D eigenvalue weighted by atomic mass is 10.5. The summed E-state index contributed by atoms with van der Waals surface area (Å²) >= 11 is 0. The first kappa shape index (κ1) is 6.33. The van der Waals surface area contributed by atoms with E-state index in [9.17, 15) is 0 Å². The van der Waals surface area contributed by atoms with Gasteiger partial charge in [0.2, 0.25) is 0 Å². The van der Waals surface area contributed by atoms with E-state index in [1.54, 1.807) is 15.6 Å². The Morgan fingerprint density at radius 3 is 2.00 bits per heavy atom. The van der Waals surface area contributed by atoms with E-state index >= 15 is 0 Å². The number of hydrogen-bond donors (Lipinski definition) is 0. The zero-order chi connectivity index (χ0) is 6.15. The van der Waals surface area contributed by atoms with Gasteiger partial charge in [-0.15, -0.1) is 8.19 Å². The third kappa shape index (κ3) is 1.13. The van der Waals surface area contributed by atoms with E-state index in [-0.39, 0.29) is 0 Å². The molecule has 0 nitrogen and oxygen atoms in total. The van der Waals surface area contributed by atoms with E-state index < -0.39 is 0 Å². The molecule has 0 aliphatic rings. The Bertz CT molecular complexity index is 169. The molecule has 0 saturated carbocycles. The maximum absolute atomic E-state index is 2.24. The molecule has 0 aliphatic heterocycles. The fraction of sp³-hybridized carbons (Fsp3) is 0.500. The summed E-state index contributed by atoms with van der Waals surface area (Å²) in [6.45, 7) is 6.69. The molecular weight excluding hydrogens is 134 g/mol. The molecule has 0 aromatic carbocycles. The molecule has 0 aliphatic carbocycles. The first-order chi connectivity index (χ1) is 3.70. The van der Waals surface area contributed by atoms with Crippen molar-refractivity contribution >= 4 is 16.4 Å². The zero-order valence-electron chi connectivity index (χ0n) is 5.45. The van der Waals surface area contributed by atoms with Gasteiger partial charge >= 0.3 is 0 Å². The van der Waals surface area contributed by atoms with Crippen LogP contribution >= 0.6 is 16.4 Å². The average molecular weight is 144 g/mol. The molecule has 1 rings (SSSR count). The first-order valence-electron chi connectivity index (χ1n) is 2.70. The molecule has 0 saturated heterocycles. The lowest BCUT2D eigenvalue weighted by Crippen LogP contribution is -1.56. The van der Waals surface area contributed by atoms with Gasteiger partial charge in [0.15, 0.2) is 0 Å². The summed E-state index contributed by atoms with van der Waals surface area (Å²) in [5, 5.41) is 4.80. The molecule has 0 amide bonds. The number of hydrogen-bond acceptors (Lipinski definition) is 0. The SMILES string of the molecule is Cc1pc(C)c(C)[pH]1. The van der Waals surface area contributed by atoms with Crippen LogP contribution in [-0.4, -0.2) is 0 Å². The first-order valence-corrected chi connectivity index (χ1v) is 4.59. The van der Waals surface area contributed by atoms with Crippen LogP contribution in [0.15, 0.2) is 0 Å². The van der Waals surface area contributed by atoms with Crippen molar-refractivity contribution in [2.45, 2.75) is 20.8 Å². The molecule has 44 valence electrons. The summed E-state index contributed by atoms with van der Waals surface area (Å²) in [5.74, 6) is 0. The molecule has 1 atom stereocenters. The molecule has 0 fully saturated rings. The van der Waals surface area contributed by atoms with Crippen LogP contribution in [0.5, 0.6) is 0 Å². The van der Waals surface area contributed by atoms with Gasteiger partial charge in [0.1, 0.15) is 0 Å². The molecule has 8 heavy (non-hydrogen) atoms. The van der Waals surface area contributed by atoms with Crippen molar-refractivity contribution in [3.05, 3.63) is 15.6 Å². The Labute approximate surface area is 53.5 Å². The minimum Gasteiger partial charge on any atom is -0.128 e. The minimum absolute atomic E-state index is 1.02. The maximum atomic E-state index is 2.24. The molecule has 1 heterocycles. The van der Waals surface area contributed by atoms with Gasteiger partial charge < -0.3 is 0 Å². The standard InChI is InChI=1S/C6H10P2/c1-4-5(2)8-6(3)7-4/h7H,1-3H3. The van der Waals surface area contributed by atoms with Crippen molar-refractivity contribution in [3.63, 3.8) is 0 Å². The molecule has 1 unspecified atom stereocenters. The van der Waals surface area contributed by atoms with Gasteiger partial charge in [-0.1, -0.05) is 8.19 Å². The molecule has 0 spiro atoms. The Morgan fingerprint density at radius 2 is 1.88 bits per heavy atom. The van der Waals surface area contributed by atoms with Crippen molar-refractivity contribution in [1.82, 2.24) is 0 Å². The smallest absolute Gasteiger partial charge is 0.00672 e. The Balaban J connectivity index is 3.14. The topological polar surface area (TPSA) is 0 Å². The fourth-order valence-electron chi connectivity index (χ4n) is 0.725. The van der Waals surface area contributed by atoms with E-state index in [0.717, 1.165) is 8.19 Å². The minimum atomic E-state index is 1.02. The highest BCUT2D eigenvalue weighted by Crippen LogP contribution is 2.34. The van der Waals surface area contributed by atoms with Crippen LogP contribution in [-0.2, 0) is 0 Å². The van der Waals surface area contributed by atoms with Crippen molar-refractivity contribution < 1.29 is 0 Å². The second-order valence-corrected chi connectivity index (χ2v) is 5.77. The van der Waals surface area contributed by atoms with E-state index in [1.165, 1.54) is 8.19 Å². The molecule has 0 bridgehead atoms. The third-order valence-electron chi connectivity index (χ3n) is 1.25. The summed E-state index contributed by atoms with van der Waals surface area (Å²) in [6, 6.07) is 0. The summed E-state index contributed by atoms with van der Waals surface area (Å²) in [5.41, 5.74) is 0. The molecule has 1 aromatic rings. The van der Waals surface area contributed by atoms with Crippen LogP contribution in [0.25, 0.3) is 0 Å². The molecule has 0 radical (unpaired) electrons. The van der Waals surface area contributed by atoms with Crippen LogP contribution in [0.2, 0.25) is 0 Å². The molecular formula is C6H10P2. The second-order valence-electron chi connectivity index (χ2n) is 2.03. The van der Waals surface area contributed by atoms with Gasteiger partial charge in [0.05, 0.1) is 0 Å². The third-order valence-corrected chi connectivity index (χ3v) is 4.25. The normalized spacial score (nSPS) is 11.9. The van der Waals surface area contributed by atoms with Crippen LogP contribution < -0.4 is 0 Å². The molecule has 1 aromatic heterocycles. The van der Waals surface area contributed by atoms with Crippen molar-refractivity contribution in [2.24, 2.45) is 0 Å². The monoisotopic (exact) mass is 144 g/mol. The Morgan fingerprint density at radius 1 is 1.25 bits per heavy atom. The maximum Gasteiger partial charge on any atom is -0.00672 e. The van der Waals surface area contributed by atoms with Gasteiger partial charge in [0, 0.05) is 0 Å². The summed E-state index contributed by atoms with van der Waals surface area (Å²) in [6.07, 6.45) is 0. The van der Waals surface area contributed by atoms with Gasteiger partial charge in [-0.3, -0.25) is 0 Å². The quantitative estimate of drug-likeness (QED) is 0.524. The van der Waals surface area contributed by atoms with E-state index in [2.05, 4.69) is 20.8 Å². The zero-order valence-corrected chi connectivity index (χ0v) is 7.34. The summed E-state index contributed by atoms with van der Waals surface area (Å²) in [7, 11) is 2.51. The highest BCUT2D eigenvalue weighted by molar-refractivity contribution is 7.50. The van der Waals surface area contributed by atoms with Crippen molar-refractivity contribution in [3.8, 4) is 0 Å². The highest BCUT2D eigenvalue weighted by atomic mass is 31.1. The summed E-state index contributed by atoms with van der Waals surface area (Å²) in [4.78, 5) is 0. The van der Waals surface area contributed by atoms with Gasteiger partial charge in [-0.25, -0.2) is 0 Å². The van der Waals surface area contributed by atoms with Crippen LogP contribution in [0.1, 0.15) is 15.6 Å². The average Bonchev–Trinajstić information content (AvgIpc) is 1.85. The molecule has 2 heteroatoms. The fourth-order valence-corrected chi connectivity index (χ4v) is 3.68.